The van der Waals surface area contributed by atoms with E-state index >= 15 is 0 Å². The van der Waals surface area contributed by atoms with Gasteiger partial charge in [-0.15, -0.1) is 0 Å². The zero-order valence-corrected chi connectivity index (χ0v) is 12.8. The molecule has 20 heavy (non-hydrogen) atoms. The Morgan fingerprint density at radius 1 is 1.45 bits per heavy atom. The fourth-order valence-electron chi connectivity index (χ4n) is 2.05. The molecule has 0 radical (unpaired) electrons. The number of nitrogens with one attached hydrogen (secondary N) is 2. The molecular weight excluding hydrogens is 298 g/mol. The average molecular weight is 315 g/mol. The maximum absolute atomic E-state index is 12.3. The second kappa shape index (κ2) is 5.55. The van der Waals surface area contributed by atoms with Gasteiger partial charge in [-0.2, -0.15) is 0 Å². The fraction of sp³-hybridized carbons (Fsp3) is 0.333. The molecule has 0 fully saturated rings. The molecule has 2 unspecified atom stereocenters. The molecule has 2 atom stereocenters. The molecule has 2 rings (SSSR count). The number of rotatable bonds is 5. The summed E-state index contributed by atoms with van der Waals surface area (Å²) in [5, 5.41) is 0.544. The summed E-state index contributed by atoms with van der Waals surface area (Å²) < 4.78 is 38.3. The van der Waals surface area contributed by atoms with Crippen LogP contribution in [0, 0.1) is 0 Å². The van der Waals surface area contributed by atoms with E-state index in [1.807, 2.05) is 0 Å². The molecule has 8 heteroatoms. The molecule has 2 aromatic rings. The van der Waals surface area contributed by atoms with E-state index in [0.717, 1.165) is 0 Å². The number of benzene rings is 1. The van der Waals surface area contributed by atoms with Crippen LogP contribution in [0.1, 0.15) is 6.92 Å². The Kier molecular flexibility index (Phi) is 4.17. The second-order valence-electron chi connectivity index (χ2n) is 4.72. The van der Waals surface area contributed by atoms with Crippen LogP contribution < -0.4 is 10.5 Å². The molecule has 1 aromatic carbocycles. The molecule has 0 aliphatic rings. The average Bonchev–Trinajstić information content (AvgIpc) is 2.70. The molecule has 0 bridgehead atoms. The van der Waals surface area contributed by atoms with E-state index in [4.69, 9.17) is 5.73 Å². The van der Waals surface area contributed by atoms with Crippen LogP contribution in [-0.4, -0.2) is 35.7 Å². The molecule has 0 aliphatic carbocycles. The summed E-state index contributed by atoms with van der Waals surface area (Å²) in [5.74, 6) is 0.268. The summed E-state index contributed by atoms with van der Waals surface area (Å²) in [5.41, 5.74) is 6.89. The van der Waals surface area contributed by atoms with E-state index < -0.39 is 26.9 Å². The van der Waals surface area contributed by atoms with Gasteiger partial charge in [-0.1, -0.05) is 0 Å². The lowest BCUT2D eigenvalue weighted by Gasteiger charge is -2.12. The third-order valence-corrected chi connectivity index (χ3v) is 5.40. The maximum Gasteiger partial charge on any atom is 0.242 e. The van der Waals surface area contributed by atoms with Crippen molar-refractivity contribution < 1.29 is 12.6 Å². The molecule has 110 valence electrons. The van der Waals surface area contributed by atoms with Crippen LogP contribution >= 0.6 is 0 Å². The Morgan fingerprint density at radius 3 is 2.80 bits per heavy atom. The third-order valence-electron chi connectivity index (χ3n) is 2.80. The van der Waals surface area contributed by atoms with Crippen molar-refractivity contribution in [3.63, 3.8) is 0 Å². The van der Waals surface area contributed by atoms with Gasteiger partial charge in [0.15, 0.2) is 0 Å². The minimum absolute atomic E-state index is 0.147. The zero-order chi connectivity index (χ0) is 14.9. The lowest BCUT2D eigenvalue weighted by atomic mass is 10.2. The molecule has 0 saturated carbocycles. The minimum Gasteiger partial charge on any atom is -0.399 e. The van der Waals surface area contributed by atoms with Crippen molar-refractivity contribution in [1.29, 1.82) is 0 Å². The highest BCUT2D eigenvalue weighted by atomic mass is 32.2. The molecule has 0 aliphatic heterocycles. The van der Waals surface area contributed by atoms with Gasteiger partial charge in [0.05, 0.1) is 0 Å². The van der Waals surface area contributed by atoms with Crippen LogP contribution in [0.4, 0.5) is 5.69 Å². The van der Waals surface area contributed by atoms with Gasteiger partial charge >= 0.3 is 0 Å². The standard InChI is InChI=1S/C12H17N3O3S2/c1-8(7-19(2)16)15-20(17,18)12-6-14-11-4-3-9(13)5-10(11)12/h3-6,8,14-15H,7,13H2,1-2H3. The predicted octanol–water partition coefficient (Wildman–Crippen LogP) is 0.795. The Morgan fingerprint density at radius 2 is 2.15 bits per heavy atom. The molecule has 0 amide bonds. The van der Waals surface area contributed by atoms with Crippen LogP contribution in [0.25, 0.3) is 10.9 Å². The number of sulfonamides is 1. The van der Waals surface area contributed by atoms with Crippen molar-refractivity contribution in [3.8, 4) is 0 Å². The molecule has 0 spiro atoms. The first-order valence-electron chi connectivity index (χ1n) is 5.98. The number of nitrogens with two attached hydrogens (primary N) is 1. The van der Waals surface area contributed by atoms with Crippen molar-refractivity contribution in [2.24, 2.45) is 0 Å². The van der Waals surface area contributed by atoms with Gasteiger partial charge < -0.3 is 10.7 Å². The summed E-state index contributed by atoms with van der Waals surface area (Å²) in [6, 6.07) is 4.64. The Labute approximate surface area is 120 Å². The first-order valence-corrected chi connectivity index (χ1v) is 9.19. The van der Waals surface area contributed by atoms with Gasteiger partial charge in [0.25, 0.3) is 0 Å². The monoisotopic (exact) mass is 315 g/mol. The Balaban J connectivity index is 2.37. The van der Waals surface area contributed by atoms with E-state index in [1.54, 1.807) is 25.1 Å². The summed E-state index contributed by atoms with van der Waals surface area (Å²) in [6.07, 6.45) is 2.97. The van der Waals surface area contributed by atoms with Gasteiger partial charge in [0, 0.05) is 51.6 Å². The first kappa shape index (κ1) is 15.0. The van der Waals surface area contributed by atoms with Gasteiger partial charge in [0.1, 0.15) is 4.90 Å². The zero-order valence-electron chi connectivity index (χ0n) is 11.2. The summed E-state index contributed by atoms with van der Waals surface area (Å²) in [4.78, 5) is 3.05. The number of hydrogen-bond acceptors (Lipinski definition) is 4. The quantitative estimate of drug-likeness (QED) is 0.710. The third kappa shape index (κ3) is 3.20. The number of hydrogen-bond donors (Lipinski definition) is 3. The number of aromatic amines is 1. The summed E-state index contributed by atoms with van der Waals surface area (Å²) in [7, 11) is -4.74. The molecular formula is C12H17N3O3S2. The fourth-order valence-corrected chi connectivity index (χ4v) is 4.35. The SMILES string of the molecule is CC(CS(C)=O)NS(=O)(=O)c1c[nH]c2ccc(N)cc12. The largest absolute Gasteiger partial charge is 0.399 e. The maximum atomic E-state index is 12.3. The number of nitrogen functional groups attached to an aromatic ring is 1. The topological polar surface area (TPSA) is 105 Å². The van der Waals surface area contributed by atoms with E-state index in [1.165, 1.54) is 12.5 Å². The molecule has 1 aromatic heterocycles. The van der Waals surface area contributed by atoms with Crippen molar-refractivity contribution in [1.82, 2.24) is 9.71 Å². The summed E-state index contributed by atoms with van der Waals surface area (Å²) in [6.45, 7) is 1.68. The van der Waals surface area contributed by atoms with E-state index in [2.05, 4.69) is 9.71 Å². The molecule has 4 N–H and O–H groups in total. The second-order valence-corrected chi connectivity index (χ2v) is 7.88. The molecule has 1 heterocycles. The van der Waals surface area contributed by atoms with Crippen LogP contribution in [-0.2, 0) is 20.8 Å². The molecule has 0 saturated heterocycles. The predicted molar refractivity (Wildman–Crippen MR) is 81.4 cm³/mol. The smallest absolute Gasteiger partial charge is 0.242 e. The Hall–Kier alpha value is -1.38. The van der Waals surface area contributed by atoms with Gasteiger partial charge in [-0.3, -0.25) is 4.21 Å². The number of anilines is 1. The Bertz CT molecular complexity index is 752. The number of aromatic nitrogens is 1. The van der Waals surface area contributed by atoms with Crippen molar-refractivity contribution in [2.45, 2.75) is 17.9 Å². The van der Waals surface area contributed by atoms with E-state index in [0.29, 0.717) is 16.6 Å². The van der Waals surface area contributed by atoms with Gasteiger partial charge in [0.2, 0.25) is 10.0 Å². The van der Waals surface area contributed by atoms with Crippen LogP contribution in [0.3, 0.4) is 0 Å². The van der Waals surface area contributed by atoms with E-state index in [9.17, 15) is 12.6 Å². The van der Waals surface area contributed by atoms with Crippen molar-refractivity contribution in [3.05, 3.63) is 24.4 Å². The van der Waals surface area contributed by atoms with Gasteiger partial charge in [-0.25, -0.2) is 13.1 Å². The lowest BCUT2D eigenvalue weighted by Crippen LogP contribution is -2.36. The van der Waals surface area contributed by atoms with Crippen LogP contribution in [0.5, 0.6) is 0 Å². The number of fused-ring (bicyclic) bond motifs is 1. The normalized spacial score (nSPS) is 15.3. The summed E-state index contributed by atoms with van der Waals surface area (Å²) >= 11 is 0. The molecule has 6 nitrogen and oxygen atoms in total. The lowest BCUT2D eigenvalue weighted by molar-refractivity contribution is 0.571. The van der Waals surface area contributed by atoms with Crippen LogP contribution in [0.2, 0.25) is 0 Å². The number of H-pyrrole nitrogens is 1. The highest BCUT2D eigenvalue weighted by Crippen LogP contribution is 2.24. The van der Waals surface area contributed by atoms with E-state index in [-0.39, 0.29) is 10.6 Å². The first-order chi connectivity index (χ1) is 9.29. The van der Waals surface area contributed by atoms with Crippen molar-refractivity contribution >= 4 is 37.4 Å². The van der Waals surface area contributed by atoms with Gasteiger partial charge in [-0.05, 0) is 25.1 Å². The highest BCUT2D eigenvalue weighted by molar-refractivity contribution is 7.90. The minimum atomic E-state index is -3.68. The highest BCUT2D eigenvalue weighted by Gasteiger charge is 2.21. The van der Waals surface area contributed by atoms with Crippen LogP contribution in [0.15, 0.2) is 29.3 Å². The van der Waals surface area contributed by atoms with Crippen molar-refractivity contribution in [2.75, 3.05) is 17.7 Å².